The summed E-state index contributed by atoms with van der Waals surface area (Å²) in [5.41, 5.74) is 5.66. The lowest BCUT2D eigenvalue weighted by Crippen LogP contribution is -1.95. The predicted molar refractivity (Wildman–Crippen MR) is 131 cm³/mol. The predicted octanol–water partition coefficient (Wildman–Crippen LogP) is 6.75. The van der Waals surface area contributed by atoms with Gasteiger partial charge in [-0.3, -0.25) is 4.40 Å². The molecule has 0 radical (unpaired) electrons. The van der Waals surface area contributed by atoms with Crippen LogP contribution in [0, 0.1) is 0 Å². The lowest BCUT2D eigenvalue weighted by molar-refractivity contribution is 0.415. The van der Waals surface area contributed by atoms with Crippen LogP contribution in [0.5, 0.6) is 5.75 Å². The summed E-state index contributed by atoms with van der Waals surface area (Å²) in [5, 5.41) is 5.95. The molecule has 0 N–H and O–H groups in total. The Bertz CT molecular complexity index is 1810. The van der Waals surface area contributed by atoms with Gasteiger partial charge in [0.25, 0.3) is 0 Å². The van der Waals surface area contributed by atoms with E-state index >= 15 is 0 Å². The van der Waals surface area contributed by atoms with Crippen LogP contribution in [0.2, 0.25) is 0 Å². The number of pyridine rings is 1. The van der Waals surface area contributed by atoms with Crippen molar-refractivity contribution in [3.05, 3.63) is 97.3 Å². The molecular weight excluding hydrogens is 394 g/mol. The van der Waals surface area contributed by atoms with Crippen LogP contribution in [0.3, 0.4) is 0 Å². The molecule has 0 bridgehead atoms. The monoisotopic (exact) mass is 413 g/mol. The number of methoxy groups -OCH3 is 1. The molecule has 32 heavy (non-hydrogen) atoms. The molecule has 0 aliphatic heterocycles. The molecule has 0 atom stereocenters. The van der Waals surface area contributed by atoms with Crippen molar-refractivity contribution in [3.8, 4) is 11.4 Å². The minimum absolute atomic E-state index is 0.837. The van der Waals surface area contributed by atoms with Crippen molar-refractivity contribution in [3.63, 3.8) is 0 Å². The number of ether oxygens (including phenoxy) is 1. The van der Waals surface area contributed by atoms with Gasteiger partial charge in [0.1, 0.15) is 11.4 Å². The van der Waals surface area contributed by atoms with Gasteiger partial charge < -0.3 is 9.30 Å². The molecule has 7 rings (SSSR count). The highest BCUT2D eigenvalue weighted by molar-refractivity contribution is 6.25. The van der Waals surface area contributed by atoms with Gasteiger partial charge in [-0.2, -0.15) is 0 Å². The fourth-order valence-electron chi connectivity index (χ4n) is 5.12. The van der Waals surface area contributed by atoms with Gasteiger partial charge in [-0.15, -0.1) is 0 Å². The summed E-state index contributed by atoms with van der Waals surface area (Å²) in [4.78, 5) is 4.72. The average molecular weight is 413 g/mol. The quantitative estimate of drug-likeness (QED) is 0.294. The van der Waals surface area contributed by atoms with Crippen molar-refractivity contribution in [1.82, 2.24) is 14.0 Å². The van der Waals surface area contributed by atoms with Crippen molar-refractivity contribution in [2.24, 2.45) is 0 Å². The number of aromatic nitrogens is 3. The van der Waals surface area contributed by atoms with Crippen LogP contribution in [0.1, 0.15) is 0 Å². The van der Waals surface area contributed by atoms with Crippen LogP contribution < -0.4 is 4.74 Å². The van der Waals surface area contributed by atoms with E-state index in [1.165, 1.54) is 38.1 Å². The Morgan fingerprint density at radius 1 is 0.719 bits per heavy atom. The van der Waals surface area contributed by atoms with Gasteiger partial charge in [-0.25, -0.2) is 4.98 Å². The average Bonchev–Trinajstić information content (AvgIpc) is 3.47. The zero-order valence-corrected chi connectivity index (χ0v) is 17.5. The van der Waals surface area contributed by atoms with Crippen molar-refractivity contribution in [2.75, 3.05) is 7.11 Å². The number of imidazole rings is 1. The molecule has 3 aromatic heterocycles. The molecule has 0 spiro atoms. The molecule has 4 nitrogen and oxygen atoms in total. The first-order valence-electron chi connectivity index (χ1n) is 10.7. The third kappa shape index (κ3) is 2.18. The molecule has 0 saturated carbocycles. The Hall–Kier alpha value is -4.31. The molecule has 4 aromatic carbocycles. The summed E-state index contributed by atoms with van der Waals surface area (Å²) >= 11 is 0. The van der Waals surface area contributed by atoms with Gasteiger partial charge in [-0.1, -0.05) is 42.5 Å². The molecule has 3 heterocycles. The summed E-state index contributed by atoms with van der Waals surface area (Å²) in [6, 6.07) is 29.9. The highest BCUT2D eigenvalue weighted by Gasteiger charge is 2.18. The molecule has 0 aliphatic carbocycles. The maximum atomic E-state index is 5.50. The van der Waals surface area contributed by atoms with Gasteiger partial charge in [0, 0.05) is 39.6 Å². The van der Waals surface area contributed by atoms with E-state index in [2.05, 4.69) is 94.0 Å². The molecule has 0 fully saturated rings. The number of rotatable bonds is 2. The molecule has 4 heteroatoms. The Balaban J connectivity index is 1.77. The van der Waals surface area contributed by atoms with Crippen molar-refractivity contribution >= 4 is 49.1 Å². The first kappa shape index (κ1) is 17.4. The normalized spacial score (nSPS) is 11.9. The van der Waals surface area contributed by atoms with Crippen LogP contribution in [-0.4, -0.2) is 21.1 Å². The smallest absolute Gasteiger partial charge is 0.145 e. The second-order valence-electron chi connectivity index (χ2n) is 8.08. The molecule has 152 valence electrons. The van der Waals surface area contributed by atoms with E-state index in [4.69, 9.17) is 9.72 Å². The molecule has 0 unspecified atom stereocenters. The number of fused-ring (bicyclic) bond motifs is 10. The number of hydrogen-bond donors (Lipinski definition) is 0. The summed E-state index contributed by atoms with van der Waals surface area (Å²) in [6.45, 7) is 0. The van der Waals surface area contributed by atoms with E-state index in [-0.39, 0.29) is 0 Å². The van der Waals surface area contributed by atoms with Gasteiger partial charge >= 0.3 is 0 Å². The maximum absolute atomic E-state index is 5.50. The lowest BCUT2D eigenvalue weighted by Gasteiger charge is -2.12. The summed E-state index contributed by atoms with van der Waals surface area (Å²) in [5.74, 6) is 0.837. The fourth-order valence-corrected chi connectivity index (χ4v) is 5.12. The van der Waals surface area contributed by atoms with Gasteiger partial charge in [-0.05, 0) is 47.9 Å². The van der Waals surface area contributed by atoms with Crippen LogP contribution in [-0.2, 0) is 0 Å². The third-order valence-corrected chi connectivity index (χ3v) is 6.46. The van der Waals surface area contributed by atoms with Gasteiger partial charge in [0.15, 0.2) is 0 Å². The van der Waals surface area contributed by atoms with Crippen LogP contribution in [0.4, 0.5) is 0 Å². The molecule has 0 saturated heterocycles. The minimum atomic E-state index is 0.837. The number of hydrogen-bond acceptors (Lipinski definition) is 2. The Morgan fingerprint density at radius 2 is 1.53 bits per heavy atom. The fraction of sp³-hybridized carbons (Fsp3) is 0.0357. The molecule has 7 aromatic rings. The number of nitrogens with zero attached hydrogens (tertiary/aromatic N) is 3. The molecule has 0 amide bonds. The van der Waals surface area contributed by atoms with Crippen molar-refractivity contribution in [1.29, 1.82) is 0 Å². The van der Waals surface area contributed by atoms with E-state index in [1.54, 1.807) is 7.11 Å². The Labute approximate surface area is 183 Å². The first-order chi connectivity index (χ1) is 15.8. The van der Waals surface area contributed by atoms with E-state index in [1.807, 2.05) is 12.3 Å². The van der Waals surface area contributed by atoms with Crippen molar-refractivity contribution in [2.45, 2.75) is 0 Å². The zero-order chi connectivity index (χ0) is 21.2. The highest BCUT2D eigenvalue weighted by Crippen LogP contribution is 2.40. The standard InChI is InChI=1S/C28H19N3O/c1-32-19-11-12-20-21-13-14-25-26(27(21)30-16-15-29-28(30)23(20)17-19)22-9-5-6-10-24(22)31(25)18-7-3-2-4-8-18/h2-17H,1H3. The summed E-state index contributed by atoms with van der Waals surface area (Å²) < 4.78 is 10.1. The number of benzene rings is 4. The SMILES string of the molecule is COc1ccc2c(c1)c1nccn1c1c2ccc2c1c1ccccc1n2-c1ccccc1. The van der Waals surface area contributed by atoms with E-state index in [0.29, 0.717) is 0 Å². The third-order valence-electron chi connectivity index (χ3n) is 6.46. The van der Waals surface area contributed by atoms with Crippen LogP contribution in [0.15, 0.2) is 97.3 Å². The van der Waals surface area contributed by atoms with Crippen molar-refractivity contribution < 1.29 is 4.74 Å². The lowest BCUT2D eigenvalue weighted by atomic mass is 10.0. The minimum Gasteiger partial charge on any atom is -0.497 e. The largest absolute Gasteiger partial charge is 0.497 e. The molecule has 0 aliphatic rings. The highest BCUT2D eigenvalue weighted by atomic mass is 16.5. The Kier molecular flexibility index (Phi) is 3.45. The van der Waals surface area contributed by atoms with Crippen LogP contribution >= 0.6 is 0 Å². The van der Waals surface area contributed by atoms with Gasteiger partial charge in [0.2, 0.25) is 0 Å². The topological polar surface area (TPSA) is 31.5 Å². The van der Waals surface area contributed by atoms with E-state index in [9.17, 15) is 0 Å². The molecular formula is C28H19N3O. The van der Waals surface area contributed by atoms with E-state index < -0.39 is 0 Å². The summed E-state index contributed by atoms with van der Waals surface area (Å²) in [6.07, 6.45) is 3.94. The maximum Gasteiger partial charge on any atom is 0.145 e. The van der Waals surface area contributed by atoms with Gasteiger partial charge in [0.05, 0.1) is 23.7 Å². The summed E-state index contributed by atoms with van der Waals surface area (Å²) in [7, 11) is 1.70. The first-order valence-corrected chi connectivity index (χ1v) is 10.7. The Morgan fingerprint density at radius 3 is 2.41 bits per heavy atom. The van der Waals surface area contributed by atoms with E-state index in [0.717, 1.165) is 22.5 Å². The second kappa shape index (κ2) is 6.34. The number of para-hydroxylation sites is 2. The van der Waals surface area contributed by atoms with Crippen LogP contribution in [0.25, 0.3) is 54.8 Å². The zero-order valence-electron chi connectivity index (χ0n) is 17.5. The second-order valence-corrected chi connectivity index (χ2v) is 8.08.